The predicted octanol–water partition coefficient (Wildman–Crippen LogP) is 3.63. The Bertz CT molecular complexity index is 646. The van der Waals surface area contributed by atoms with Crippen LogP contribution in [0.5, 0.6) is 11.5 Å². The molecule has 0 bridgehead atoms. The highest BCUT2D eigenvalue weighted by Gasteiger charge is 2.22. The maximum Gasteiger partial charge on any atom is 0.251 e. The van der Waals surface area contributed by atoms with Gasteiger partial charge in [0, 0.05) is 18.2 Å². The second-order valence-corrected chi connectivity index (χ2v) is 5.99. The first-order valence-electron chi connectivity index (χ1n) is 8.07. The lowest BCUT2D eigenvalue weighted by Crippen LogP contribution is -2.50. The number of amides is 1. The fourth-order valence-corrected chi connectivity index (χ4v) is 2.73. The van der Waals surface area contributed by atoms with Crippen LogP contribution in [-0.2, 0) is 0 Å². The van der Waals surface area contributed by atoms with E-state index in [9.17, 15) is 4.79 Å². The number of piperidine rings is 1. The summed E-state index contributed by atoms with van der Waals surface area (Å²) in [7, 11) is 0. The van der Waals surface area contributed by atoms with E-state index in [4.69, 9.17) is 4.74 Å². The zero-order chi connectivity index (χ0) is 16.1. The summed E-state index contributed by atoms with van der Waals surface area (Å²) >= 11 is 0. The first-order chi connectivity index (χ1) is 11.2. The molecule has 0 saturated carbocycles. The number of para-hydroxylation sites is 1. The first kappa shape index (κ1) is 18.3. The number of halogens is 1. The van der Waals surface area contributed by atoms with Gasteiger partial charge in [0.05, 0.1) is 0 Å². The maximum atomic E-state index is 12.3. The van der Waals surface area contributed by atoms with E-state index in [0.29, 0.717) is 11.5 Å². The number of carbonyl (C=O) groups is 1. The van der Waals surface area contributed by atoms with Crippen LogP contribution >= 0.6 is 12.4 Å². The van der Waals surface area contributed by atoms with Gasteiger partial charge in [0.25, 0.3) is 5.91 Å². The second kappa shape index (κ2) is 8.71. The molecule has 2 aromatic rings. The normalized spacial score (nSPS) is 19.9. The lowest BCUT2D eigenvalue weighted by atomic mass is 9.94. The van der Waals surface area contributed by atoms with Crippen LogP contribution in [0.25, 0.3) is 0 Å². The number of ether oxygens (including phenoxy) is 1. The van der Waals surface area contributed by atoms with Crippen molar-refractivity contribution >= 4 is 18.3 Å². The Morgan fingerprint density at radius 2 is 1.75 bits per heavy atom. The minimum absolute atomic E-state index is 0. The minimum Gasteiger partial charge on any atom is -0.457 e. The quantitative estimate of drug-likeness (QED) is 0.888. The number of rotatable bonds is 4. The molecule has 2 atom stereocenters. The summed E-state index contributed by atoms with van der Waals surface area (Å²) in [6.07, 6.45) is 1.09. The van der Waals surface area contributed by atoms with Crippen molar-refractivity contribution < 1.29 is 9.53 Å². The van der Waals surface area contributed by atoms with Gasteiger partial charge in [0.15, 0.2) is 0 Å². The van der Waals surface area contributed by atoms with E-state index in [1.165, 1.54) is 0 Å². The molecule has 1 aliphatic rings. The van der Waals surface area contributed by atoms with Crippen LogP contribution in [-0.4, -0.2) is 25.0 Å². The molecule has 128 valence electrons. The van der Waals surface area contributed by atoms with Crippen molar-refractivity contribution in [1.29, 1.82) is 0 Å². The molecule has 4 nitrogen and oxygen atoms in total. The molecule has 1 saturated heterocycles. The molecule has 1 fully saturated rings. The third-order valence-corrected chi connectivity index (χ3v) is 4.24. The largest absolute Gasteiger partial charge is 0.457 e. The highest BCUT2D eigenvalue weighted by Crippen LogP contribution is 2.21. The average molecular weight is 347 g/mol. The van der Waals surface area contributed by atoms with Gasteiger partial charge in [-0.2, -0.15) is 0 Å². The van der Waals surface area contributed by atoms with Gasteiger partial charge in [-0.05, 0) is 55.3 Å². The molecule has 3 rings (SSSR count). The second-order valence-electron chi connectivity index (χ2n) is 5.99. The van der Waals surface area contributed by atoms with E-state index in [1.54, 1.807) is 12.1 Å². The minimum atomic E-state index is -0.0307. The molecule has 1 aliphatic heterocycles. The van der Waals surface area contributed by atoms with Crippen molar-refractivity contribution in [2.45, 2.75) is 19.4 Å². The highest BCUT2D eigenvalue weighted by atomic mass is 35.5. The van der Waals surface area contributed by atoms with Crippen molar-refractivity contribution in [1.82, 2.24) is 10.6 Å². The Hall–Kier alpha value is -2.04. The van der Waals surface area contributed by atoms with Crippen LogP contribution in [0.3, 0.4) is 0 Å². The Balaban J connectivity index is 0.00000208. The number of hydrogen-bond donors (Lipinski definition) is 2. The van der Waals surface area contributed by atoms with Crippen LogP contribution in [0.2, 0.25) is 0 Å². The maximum absolute atomic E-state index is 12.3. The Kier molecular flexibility index (Phi) is 6.64. The summed E-state index contributed by atoms with van der Waals surface area (Å²) in [5.41, 5.74) is 0.656. The van der Waals surface area contributed by atoms with Crippen molar-refractivity contribution in [3.63, 3.8) is 0 Å². The smallest absolute Gasteiger partial charge is 0.251 e. The van der Waals surface area contributed by atoms with Crippen LogP contribution in [0, 0.1) is 5.92 Å². The van der Waals surface area contributed by atoms with Gasteiger partial charge in [0.2, 0.25) is 0 Å². The average Bonchev–Trinajstić information content (AvgIpc) is 2.58. The predicted molar refractivity (Wildman–Crippen MR) is 98.1 cm³/mol. The number of benzene rings is 2. The lowest BCUT2D eigenvalue weighted by Gasteiger charge is -2.30. The van der Waals surface area contributed by atoms with Crippen LogP contribution in [0.1, 0.15) is 23.7 Å². The van der Waals surface area contributed by atoms with Gasteiger partial charge in [-0.25, -0.2) is 0 Å². The van der Waals surface area contributed by atoms with E-state index in [0.717, 1.165) is 31.0 Å². The fraction of sp³-hybridized carbons (Fsp3) is 0.316. The van der Waals surface area contributed by atoms with E-state index in [1.807, 2.05) is 42.5 Å². The topological polar surface area (TPSA) is 50.4 Å². The van der Waals surface area contributed by atoms with Gasteiger partial charge >= 0.3 is 0 Å². The molecular formula is C19H23ClN2O2. The Labute approximate surface area is 149 Å². The van der Waals surface area contributed by atoms with Gasteiger partial charge < -0.3 is 15.4 Å². The summed E-state index contributed by atoms with van der Waals surface area (Å²) in [4.78, 5) is 12.3. The molecule has 1 amide bonds. The van der Waals surface area contributed by atoms with Gasteiger partial charge in [-0.1, -0.05) is 25.1 Å². The summed E-state index contributed by atoms with van der Waals surface area (Å²) < 4.78 is 5.74. The molecule has 2 N–H and O–H groups in total. The van der Waals surface area contributed by atoms with Crippen molar-refractivity contribution in [2.75, 3.05) is 13.1 Å². The Morgan fingerprint density at radius 3 is 2.42 bits per heavy atom. The van der Waals surface area contributed by atoms with E-state index >= 15 is 0 Å². The third kappa shape index (κ3) is 4.73. The number of hydrogen-bond acceptors (Lipinski definition) is 3. The molecular weight excluding hydrogens is 324 g/mol. The highest BCUT2D eigenvalue weighted by molar-refractivity contribution is 5.94. The molecule has 2 aromatic carbocycles. The molecule has 0 aromatic heterocycles. The molecule has 0 aliphatic carbocycles. The van der Waals surface area contributed by atoms with Crippen LogP contribution < -0.4 is 15.4 Å². The zero-order valence-corrected chi connectivity index (χ0v) is 14.5. The van der Waals surface area contributed by atoms with Crippen molar-refractivity contribution in [3.8, 4) is 11.5 Å². The van der Waals surface area contributed by atoms with Gasteiger partial charge in [-0.3, -0.25) is 4.79 Å². The summed E-state index contributed by atoms with van der Waals surface area (Å²) in [6.45, 7) is 4.05. The third-order valence-electron chi connectivity index (χ3n) is 4.24. The summed E-state index contributed by atoms with van der Waals surface area (Å²) in [6, 6.07) is 17.0. The van der Waals surface area contributed by atoms with Gasteiger partial charge in [-0.15, -0.1) is 12.4 Å². The molecule has 0 radical (unpaired) electrons. The van der Waals surface area contributed by atoms with Gasteiger partial charge in [0.1, 0.15) is 11.5 Å². The standard InChI is InChI=1S/C19H22N2O2.ClH/c1-14-11-12-20-13-18(14)21-19(22)15-7-9-17(10-8-15)23-16-5-3-2-4-6-16;/h2-10,14,18,20H,11-13H2,1H3,(H,21,22);1H. The van der Waals surface area contributed by atoms with Crippen molar-refractivity contribution in [2.24, 2.45) is 5.92 Å². The lowest BCUT2D eigenvalue weighted by molar-refractivity contribution is 0.0915. The Morgan fingerprint density at radius 1 is 1.08 bits per heavy atom. The zero-order valence-electron chi connectivity index (χ0n) is 13.7. The molecule has 0 spiro atoms. The van der Waals surface area contributed by atoms with E-state index in [-0.39, 0.29) is 24.4 Å². The molecule has 5 heteroatoms. The van der Waals surface area contributed by atoms with E-state index in [2.05, 4.69) is 17.6 Å². The van der Waals surface area contributed by atoms with Crippen LogP contribution in [0.15, 0.2) is 54.6 Å². The number of nitrogens with one attached hydrogen (secondary N) is 2. The number of carbonyl (C=O) groups excluding carboxylic acids is 1. The first-order valence-corrected chi connectivity index (χ1v) is 8.07. The molecule has 1 heterocycles. The monoisotopic (exact) mass is 346 g/mol. The summed E-state index contributed by atoms with van der Waals surface area (Å²) in [5, 5.41) is 6.44. The summed E-state index contributed by atoms with van der Waals surface area (Å²) in [5.74, 6) is 1.98. The van der Waals surface area contributed by atoms with E-state index < -0.39 is 0 Å². The molecule has 24 heavy (non-hydrogen) atoms. The fourth-order valence-electron chi connectivity index (χ4n) is 2.73. The molecule has 2 unspecified atom stereocenters. The SMILES string of the molecule is CC1CCNCC1NC(=O)c1ccc(Oc2ccccc2)cc1.Cl. The van der Waals surface area contributed by atoms with Crippen LogP contribution in [0.4, 0.5) is 0 Å². The van der Waals surface area contributed by atoms with Crippen molar-refractivity contribution in [3.05, 3.63) is 60.2 Å².